The van der Waals surface area contributed by atoms with E-state index < -0.39 is 0 Å². The molecule has 0 amide bonds. The molecule has 0 aliphatic heterocycles. The third-order valence-electron chi connectivity index (χ3n) is 1.33. The van der Waals surface area contributed by atoms with Gasteiger partial charge in [-0.3, -0.25) is 0 Å². The van der Waals surface area contributed by atoms with Gasteiger partial charge < -0.3 is 10.8 Å². The second kappa shape index (κ2) is 3.05. The molecule has 50 valence electrons. The van der Waals surface area contributed by atoms with Gasteiger partial charge in [0, 0.05) is 6.04 Å². The molecule has 0 rings (SSSR count). The Morgan fingerprint density at radius 1 is 1.25 bits per heavy atom. The molecule has 0 radical (unpaired) electrons. The highest BCUT2D eigenvalue weighted by Gasteiger charge is 2.11. The zero-order valence-electron chi connectivity index (χ0n) is 5.76. The largest absolute Gasteiger partial charge is 0.392 e. The van der Waals surface area contributed by atoms with Crippen LogP contribution in [-0.4, -0.2) is 17.3 Å². The molecule has 0 bridgehead atoms. The lowest BCUT2D eigenvalue weighted by Gasteiger charge is -2.17. The van der Waals surface area contributed by atoms with Crippen LogP contribution in [0.3, 0.4) is 0 Å². The Labute approximate surface area is 50.7 Å². The standard InChI is InChI=1S/C6H15NO/c1-4(2)6(7)5(3)8/h4-6,8H,7H2,1-3H3/t5?,6-/m0/s1. The van der Waals surface area contributed by atoms with Crippen LogP contribution in [0.4, 0.5) is 0 Å². The summed E-state index contributed by atoms with van der Waals surface area (Å²) in [4.78, 5) is 0. The van der Waals surface area contributed by atoms with Gasteiger partial charge in [0.2, 0.25) is 0 Å². The molecule has 8 heavy (non-hydrogen) atoms. The van der Waals surface area contributed by atoms with E-state index in [1.54, 1.807) is 6.92 Å². The summed E-state index contributed by atoms with van der Waals surface area (Å²) >= 11 is 0. The number of nitrogens with two attached hydrogens (primary N) is 1. The molecule has 0 aliphatic carbocycles. The van der Waals surface area contributed by atoms with Gasteiger partial charge in [0.1, 0.15) is 0 Å². The average molecular weight is 117 g/mol. The maximum absolute atomic E-state index is 8.87. The van der Waals surface area contributed by atoms with Crippen LogP contribution in [0.25, 0.3) is 0 Å². The molecular weight excluding hydrogens is 102 g/mol. The van der Waals surface area contributed by atoms with Crippen LogP contribution in [-0.2, 0) is 0 Å². The summed E-state index contributed by atoms with van der Waals surface area (Å²) in [5, 5.41) is 8.87. The highest BCUT2D eigenvalue weighted by Crippen LogP contribution is 2.01. The van der Waals surface area contributed by atoms with Gasteiger partial charge in [-0.15, -0.1) is 0 Å². The van der Waals surface area contributed by atoms with Crippen LogP contribution < -0.4 is 5.73 Å². The minimum atomic E-state index is -0.380. The first-order chi connectivity index (χ1) is 3.55. The van der Waals surface area contributed by atoms with Gasteiger partial charge in [-0.05, 0) is 12.8 Å². The lowest BCUT2D eigenvalue weighted by Crippen LogP contribution is -2.36. The van der Waals surface area contributed by atoms with Crippen LogP contribution in [0.1, 0.15) is 20.8 Å². The minimum Gasteiger partial charge on any atom is -0.392 e. The summed E-state index contributed by atoms with van der Waals surface area (Å²) < 4.78 is 0. The lowest BCUT2D eigenvalue weighted by atomic mass is 10.0. The van der Waals surface area contributed by atoms with Gasteiger partial charge in [0.05, 0.1) is 6.10 Å². The summed E-state index contributed by atoms with van der Waals surface area (Å²) in [6, 6.07) is -0.0741. The average Bonchev–Trinajstić information content (AvgIpc) is 1.64. The van der Waals surface area contributed by atoms with Crippen molar-refractivity contribution in [2.75, 3.05) is 0 Å². The first-order valence-corrected chi connectivity index (χ1v) is 2.99. The van der Waals surface area contributed by atoms with Crippen molar-refractivity contribution in [3.8, 4) is 0 Å². The van der Waals surface area contributed by atoms with E-state index in [-0.39, 0.29) is 12.1 Å². The number of rotatable bonds is 2. The maximum Gasteiger partial charge on any atom is 0.0665 e. The summed E-state index contributed by atoms with van der Waals surface area (Å²) in [5.74, 6) is 0.370. The van der Waals surface area contributed by atoms with Crippen LogP contribution in [0, 0.1) is 5.92 Å². The highest BCUT2D eigenvalue weighted by atomic mass is 16.3. The molecule has 0 aromatic rings. The zero-order valence-corrected chi connectivity index (χ0v) is 5.76. The summed E-state index contributed by atoms with van der Waals surface area (Å²) in [7, 11) is 0. The molecule has 0 aliphatic rings. The first kappa shape index (κ1) is 7.92. The number of aliphatic hydroxyl groups excluding tert-OH is 1. The molecule has 0 saturated carbocycles. The van der Waals surface area contributed by atoms with Crippen LogP contribution in [0.5, 0.6) is 0 Å². The Morgan fingerprint density at radius 2 is 1.62 bits per heavy atom. The third kappa shape index (κ3) is 2.28. The van der Waals surface area contributed by atoms with Crippen LogP contribution in [0.2, 0.25) is 0 Å². The molecular formula is C6H15NO. The van der Waals surface area contributed by atoms with Crippen molar-refractivity contribution in [2.24, 2.45) is 11.7 Å². The fourth-order valence-electron chi connectivity index (χ4n) is 0.557. The molecule has 0 spiro atoms. The van der Waals surface area contributed by atoms with Crippen LogP contribution >= 0.6 is 0 Å². The van der Waals surface area contributed by atoms with E-state index in [1.807, 2.05) is 13.8 Å². The van der Waals surface area contributed by atoms with E-state index in [4.69, 9.17) is 10.8 Å². The normalized spacial score (nSPS) is 18.8. The second-order valence-electron chi connectivity index (χ2n) is 2.56. The number of aliphatic hydroxyl groups is 1. The van der Waals surface area contributed by atoms with Crippen LogP contribution in [0.15, 0.2) is 0 Å². The fourth-order valence-corrected chi connectivity index (χ4v) is 0.557. The highest BCUT2D eigenvalue weighted by molar-refractivity contribution is 4.69. The first-order valence-electron chi connectivity index (χ1n) is 2.99. The molecule has 0 aromatic carbocycles. The molecule has 0 saturated heterocycles. The Hall–Kier alpha value is -0.0800. The van der Waals surface area contributed by atoms with Crippen molar-refractivity contribution in [3.63, 3.8) is 0 Å². The quantitative estimate of drug-likeness (QED) is 0.548. The van der Waals surface area contributed by atoms with Gasteiger partial charge in [-0.1, -0.05) is 13.8 Å². The summed E-state index contributed by atoms with van der Waals surface area (Å²) in [6.45, 7) is 5.71. The predicted octanol–water partition coefficient (Wildman–Crippen LogP) is 0.350. The topological polar surface area (TPSA) is 46.2 Å². The SMILES string of the molecule is CC(C)[C@H](N)C(C)O. The lowest BCUT2D eigenvalue weighted by molar-refractivity contribution is 0.142. The Balaban J connectivity index is 3.46. The van der Waals surface area contributed by atoms with E-state index in [2.05, 4.69) is 0 Å². The van der Waals surface area contributed by atoms with Gasteiger partial charge in [-0.2, -0.15) is 0 Å². The zero-order chi connectivity index (χ0) is 6.73. The van der Waals surface area contributed by atoms with Gasteiger partial charge in [0.25, 0.3) is 0 Å². The summed E-state index contributed by atoms with van der Waals surface area (Å²) in [6.07, 6.45) is -0.380. The van der Waals surface area contributed by atoms with Gasteiger partial charge >= 0.3 is 0 Å². The number of hydrogen-bond donors (Lipinski definition) is 2. The van der Waals surface area contributed by atoms with Crippen molar-refractivity contribution < 1.29 is 5.11 Å². The Kier molecular flexibility index (Phi) is 3.02. The van der Waals surface area contributed by atoms with Crippen molar-refractivity contribution in [1.82, 2.24) is 0 Å². The molecule has 0 fully saturated rings. The molecule has 2 heteroatoms. The van der Waals surface area contributed by atoms with E-state index in [0.29, 0.717) is 5.92 Å². The number of hydrogen-bond acceptors (Lipinski definition) is 2. The molecule has 1 unspecified atom stereocenters. The Morgan fingerprint density at radius 3 is 1.62 bits per heavy atom. The predicted molar refractivity (Wildman–Crippen MR) is 34.5 cm³/mol. The van der Waals surface area contributed by atoms with E-state index in [9.17, 15) is 0 Å². The molecule has 3 N–H and O–H groups in total. The van der Waals surface area contributed by atoms with Crippen molar-refractivity contribution >= 4 is 0 Å². The monoisotopic (exact) mass is 117 g/mol. The molecule has 0 heterocycles. The smallest absolute Gasteiger partial charge is 0.0665 e. The minimum absolute atomic E-state index is 0.0741. The van der Waals surface area contributed by atoms with E-state index in [1.165, 1.54) is 0 Å². The van der Waals surface area contributed by atoms with Crippen molar-refractivity contribution in [2.45, 2.75) is 32.9 Å². The maximum atomic E-state index is 8.87. The van der Waals surface area contributed by atoms with E-state index >= 15 is 0 Å². The van der Waals surface area contributed by atoms with E-state index in [0.717, 1.165) is 0 Å². The Bertz CT molecular complexity index is 53.5. The van der Waals surface area contributed by atoms with Crippen molar-refractivity contribution in [1.29, 1.82) is 0 Å². The van der Waals surface area contributed by atoms with Gasteiger partial charge in [-0.25, -0.2) is 0 Å². The summed E-state index contributed by atoms with van der Waals surface area (Å²) in [5.41, 5.74) is 5.51. The second-order valence-corrected chi connectivity index (χ2v) is 2.56. The van der Waals surface area contributed by atoms with Gasteiger partial charge in [0.15, 0.2) is 0 Å². The molecule has 2 atom stereocenters. The fraction of sp³-hybridized carbons (Fsp3) is 1.00. The third-order valence-corrected chi connectivity index (χ3v) is 1.33. The molecule has 2 nitrogen and oxygen atoms in total. The van der Waals surface area contributed by atoms with Crippen molar-refractivity contribution in [3.05, 3.63) is 0 Å². The molecule has 0 aromatic heterocycles.